The van der Waals surface area contributed by atoms with Gasteiger partial charge >= 0.3 is 0 Å². The minimum Gasteiger partial charge on any atom is -0.394 e. The molecular formula is C8H9FINO. The molecule has 66 valence electrons. The highest BCUT2D eigenvalue weighted by Gasteiger charge is 2.09. The highest BCUT2D eigenvalue weighted by molar-refractivity contribution is 14.1. The molecule has 4 heteroatoms. The minimum atomic E-state index is -0.625. The molecule has 0 fully saturated rings. The van der Waals surface area contributed by atoms with Crippen LogP contribution >= 0.6 is 22.6 Å². The fourth-order valence-corrected chi connectivity index (χ4v) is 1.41. The van der Waals surface area contributed by atoms with Crippen LogP contribution in [0.5, 0.6) is 0 Å². The van der Waals surface area contributed by atoms with E-state index in [0.717, 1.165) is 3.57 Å². The second-order valence-electron chi connectivity index (χ2n) is 2.45. The maximum absolute atomic E-state index is 13.0. The second kappa shape index (κ2) is 4.15. The predicted octanol–water partition coefficient (Wildman–Crippen LogP) is 1.42. The molecule has 3 N–H and O–H groups in total. The third-order valence-corrected chi connectivity index (χ3v) is 2.23. The largest absolute Gasteiger partial charge is 0.394 e. The molecule has 0 aliphatic rings. The van der Waals surface area contributed by atoms with Crippen molar-refractivity contribution in [2.45, 2.75) is 6.04 Å². The van der Waals surface area contributed by atoms with Crippen LogP contribution in [0.1, 0.15) is 11.6 Å². The number of hydrogen-bond acceptors (Lipinski definition) is 2. The van der Waals surface area contributed by atoms with Gasteiger partial charge in [-0.2, -0.15) is 0 Å². The van der Waals surface area contributed by atoms with Crippen molar-refractivity contribution in [1.29, 1.82) is 0 Å². The molecule has 0 amide bonds. The SMILES string of the molecule is N[C@@H](CO)c1cc(I)ccc1F. The number of rotatable bonds is 2. The van der Waals surface area contributed by atoms with Crippen LogP contribution in [-0.2, 0) is 0 Å². The summed E-state index contributed by atoms with van der Waals surface area (Å²) in [7, 11) is 0. The fourth-order valence-electron chi connectivity index (χ4n) is 0.897. The number of aliphatic hydroxyl groups is 1. The number of halogens is 2. The zero-order valence-corrected chi connectivity index (χ0v) is 8.45. The Labute approximate surface area is 83.7 Å². The highest BCUT2D eigenvalue weighted by Crippen LogP contribution is 2.17. The summed E-state index contributed by atoms with van der Waals surface area (Å²) < 4.78 is 13.9. The molecule has 0 aliphatic heterocycles. The summed E-state index contributed by atoms with van der Waals surface area (Å²) in [6.07, 6.45) is 0. The Morgan fingerprint density at radius 1 is 1.58 bits per heavy atom. The molecule has 1 aromatic carbocycles. The molecule has 0 spiro atoms. The first-order valence-corrected chi connectivity index (χ1v) is 4.54. The normalized spacial score (nSPS) is 13.0. The van der Waals surface area contributed by atoms with Crippen LogP contribution in [0.3, 0.4) is 0 Å². The van der Waals surface area contributed by atoms with E-state index >= 15 is 0 Å². The lowest BCUT2D eigenvalue weighted by Crippen LogP contribution is -2.16. The molecule has 0 bridgehead atoms. The monoisotopic (exact) mass is 281 g/mol. The van der Waals surface area contributed by atoms with E-state index in [1.54, 1.807) is 12.1 Å². The van der Waals surface area contributed by atoms with Gasteiger partial charge in [0.05, 0.1) is 12.6 Å². The van der Waals surface area contributed by atoms with Crippen LogP contribution in [0.4, 0.5) is 4.39 Å². The van der Waals surface area contributed by atoms with Gasteiger partial charge in [-0.1, -0.05) is 0 Å². The van der Waals surface area contributed by atoms with Gasteiger partial charge in [0.15, 0.2) is 0 Å². The first-order chi connectivity index (χ1) is 5.65. The zero-order chi connectivity index (χ0) is 9.14. The smallest absolute Gasteiger partial charge is 0.128 e. The van der Waals surface area contributed by atoms with Gasteiger partial charge in [0.1, 0.15) is 5.82 Å². The standard InChI is InChI=1S/C8H9FINO/c9-7-2-1-5(10)3-6(7)8(11)4-12/h1-3,8,12H,4,11H2/t8-/m0/s1. The molecule has 0 aliphatic carbocycles. The highest BCUT2D eigenvalue weighted by atomic mass is 127. The Morgan fingerprint density at radius 3 is 2.83 bits per heavy atom. The minimum absolute atomic E-state index is 0.239. The molecule has 0 unspecified atom stereocenters. The van der Waals surface area contributed by atoms with Gasteiger partial charge in [0.2, 0.25) is 0 Å². The van der Waals surface area contributed by atoms with Crippen LogP contribution in [0, 0.1) is 9.39 Å². The Kier molecular flexibility index (Phi) is 3.42. The Hall–Kier alpha value is -0.200. The Bertz CT molecular complexity index is 280. The van der Waals surface area contributed by atoms with Gasteiger partial charge in [0, 0.05) is 9.13 Å². The third-order valence-electron chi connectivity index (χ3n) is 1.55. The van der Waals surface area contributed by atoms with E-state index in [1.165, 1.54) is 6.07 Å². The summed E-state index contributed by atoms with van der Waals surface area (Å²) in [4.78, 5) is 0. The first kappa shape index (κ1) is 9.88. The average Bonchev–Trinajstić information content (AvgIpc) is 2.08. The summed E-state index contributed by atoms with van der Waals surface area (Å²) >= 11 is 2.07. The number of benzene rings is 1. The first-order valence-electron chi connectivity index (χ1n) is 3.46. The lowest BCUT2D eigenvalue weighted by Gasteiger charge is -2.09. The molecule has 2 nitrogen and oxygen atoms in total. The van der Waals surface area contributed by atoms with Gasteiger partial charge in [-0.25, -0.2) is 4.39 Å². The van der Waals surface area contributed by atoms with Crippen LogP contribution in [0.25, 0.3) is 0 Å². The summed E-state index contributed by atoms with van der Waals surface area (Å²) in [6.45, 7) is -0.239. The lowest BCUT2D eigenvalue weighted by molar-refractivity contribution is 0.265. The number of hydrogen-bond donors (Lipinski definition) is 2. The van der Waals surface area contributed by atoms with E-state index in [1.807, 2.05) is 0 Å². The van der Waals surface area contributed by atoms with Gasteiger partial charge in [-0.15, -0.1) is 0 Å². The summed E-state index contributed by atoms with van der Waals surface area (Å²) in [5, 5.41) is 8.71. The summed E-state index contributed by atoms with van der Waals surface area (Å²) in [5.74, 6) is -0.364. The Morgan fingerprint density at radius 2 is 2.25 bits per heavy atom. The van der Waals surface area contributed by atoms with Crippen LogP contribution < -0.4 is 5.73 Å². The van der Waals surface area contributed by atoms with Crippen molar-refractivity contribution in [2.24, 2.45) is 5.73 Å². The van der Waals surface area contributed by atoms with Crippen molar-refractivity contribution < 1.29 is 9.50 Å². The quantitative estimate of drug-likeness (QED) is 0.805. The van der Waals surface area contributed by atoms with Gasteiger partial charge in [-0.05, 0) is 40.8 Å². The van der Waals surface area contributed by atoms with E-state index in [2.05, 4.69) is 22.6 Å². The van der Waals surface area contributed by atoms with Crippen molar-refractivity contribution in [2.75, 3.05) is 6.61 Å². The van der Waals surface area contributed by atoms with Crippen molar-refractivity contribution in [3.8, 4) is 0 Å². The van der Waals surface area contributed by atoms with E-state index in [9.17, 15) is 4.39 Å². The molecule has 1 atom stereocenters. The molecule has 1 aromatic rings. The van der Waals surface area contributed by atoms with E-state index < -0.39 is 6.04 Å². The zero-order valence-electron chi connectivity index (χ0n) is 6.30. The molecule has 0 radical (unpaired) electrons. The summed E-state index contributed by atoms with van der Waals surface area (Å²) in [5.41, 5.74) is 5.84. The average molecular weight is 281 g/mol. The van der Waals surface area contributed by atoms with Crippen LogP contribution in [0.2, 0.25) is 0 Å². The molecule has 0 saturated heterocycles. The fraction of sp³-hybridized carbons (Fsp3) is 0.250. The van der Waals surface area contributed by atoms with E-state index in [-0.39, 0.29) is 12.4 Å². The molecule has 1 rings (SSSR count). The number of aliphatic hydroxyl groups excluding tert-OH is 1. The van der Waals surface area contributed by atoms with Gasteiger partial charge in [0.25, 0.3) is 0 Å². The summed E-state index contributed by atoms with van der Waals surface area (Å²) in [6, 6.07) is 4.02. The predicted molar refractivity (Wildman–Crippen MR) is 53.1 cm³/mol. The lowest BCUT2D eigenvalue weighted by atomic mass is 10.1. The van der Waals surface area contributed by atoms with Gasteiger partial charge < -0.3 is 10.8 Å². The van der Waals surface area contributed by atoms with Crippen molar-refractivity contribution >= 4 is 22.6 Å². The van der Waals surface area contributed by atoms with Crippen LogP contribution in [0.15, 0.2) is 18.2 Å². The van der Waals surface area contributed by atoms with Gasteiger partial charge in [-0.3, -0.25) is 0 Å². The van der Waals surface area contributed by atoms with E-state index in [4.69, 9.17) is 10.8 Å². The molecular weight excluding hydrogens is 272 g/mol. The molecule has 0 aromatic heterocycles. The second-order valence-corrected chi connectivity index (χ2v) is 3.70. The van der Waals surface area contributed by atoms with Crippen molar-refractivity contribution in [3.05, 3.63) is 33.1 Å². The van der Waals surface area contributed by atoms with Crippen molar-refractivity contribution in [3.63, 3.8) is 0 Å². The molecule has 12 heavy (non-hydrogen) atoms. The topological polar surface area (TPSA) is 46.2 Å². The number of nitrogens with two attached hydrogens (primary N) is 1. The maximum Gasteiger partial charge on any atom is 0.128 e. The third kappa shape index (κ3) is 2.15. The Balaban J connectivity index is 3.04. The van der Waals surface area contributed by atoms with Crippen LogP contribution in [-0.4, -0.2) is 11.7 Å². The maximum atomic E-state index is 13.0. The van der Waals surface area contributed by atoms with E-state index in [0.29, 0.717) is 5.56 Å². The van der Waals surface area contributed by atoms with Crippen molar-refractivity contribution in [1.82, 2.24) is 0 Å². The molecule has 0 saturated carbocycles. The molecule has 0 heterocycles.